The van der Waals surface area contributed by atoms with Crippen LogP contribution in [0.2, 0.25) is 0 Å². The molecule has 2 aromatic rings. The van der Waals surface area contributed by atoms with Crippen molar-refractivity contribution in [2.24, 2.45) is 0 Å². The summed E-state index contributed by atoms with van der Waals surface area (Å²) in [5.41, 5.74) is 5.98. The van der Waals surface area contributed by atoms with Gasteiger partial charge in [0.15, 0.2) is 0 Å². The van der Waals surface area contributed by atoms with E-state index in [4.69, 9.17) is 4.74 Å². The van der Waals surface area contributed by atoms with Crippen molar-refractivity contribution in [2.45, 2.75) is 53.0 Å². The lowest BCUT2D eigenvalue weighted by atomic mass is 9.99. The number of nitrogens with one attached hydrogen (secondary N) is 1. The van der Waals surface area contributed by atoms with Gasteiger partial charge < -0.3 is 10.1 Å². The van der Waals surface area contributed by atoms with Crippen LogP contribution < -0.4 is 10.1 Å². The van der Waals surface area contributed by atoms with Crippen LogP contribution in [0.4, 0.5) is 0 Å². The van der Waals surface area contributed by atoms with E-state index >= 15 is 0 Å². The average Bonchev–Trinajstić information content (AvgIpc) is 2.60. The zero-order valence-corrected chi connectivity index (χ0v) is 16.0. The minimum atomic E-state index is 0.0735. The number of carbonyl (C=O) groups is 1. The van der Waals surface area contributed by atoms with Gasteiger partial charge in [0.25, 0.3) is 0 Å². The Morgan fingerprint density at radius 1 is 1.04 bits per heavy atom. The minimum absolute atomic E-state index is 0.0735. The molecular weight excluding hydrogens is 310 g/mol. The minimum Gasteiger partial charge on any atom is -0.496 e. The van der Waals surface area contributed by atoms with Crippen LogP contribution in [0.15, 0.2) is 36.4 Å². The lowest BCUT2D eigenvalue weighted by molar-refractivity contribution is -0.121. The first-order valence-corrected chi connectivity index (χ1v) is 8.94. The second-order valence-electron chi connectivity index (χ2n) is 6.68. The normalized spacial score (nSPS) is 11.9. The van der Waals surface area contributed by atoms with Crippen LogP contribution in [0.1, 0.15) is 53.6 Å². The molecule has 3 heteroatoms. The van der Waals surface area contributed by atoms with Crippen molar-refractivity contribution < 1.29 is 9.53 Å². The third kappa shape index (κ3) is 5.09. The van der Waals surface area contributed by atoms with E-state index in [9.17, 15) is 4.79 Å². The van der Waals surface area contributed by atoms with E-state index in [0.29, 0.717) is 6.42 Å². The predicted molar refractivity (Wildman–Crippen MR) is 103 cm³/mol. The van der Waals surface area contributed by atoms with E-state index in [-0.39, 0.29) is 11.9 Å². The number of rotatable bonds is 7. The molecule has 0 aromatic heterocycles. The van der Waals surface area contributed by atoms with Crippen molar-refractivity contribution >= 4 is 5.91 Å². The molecule has 0 saturated carbocycles. The fourth-order valence-electron chi connectivity index (χ4n) is 3.02. The molecule has 0 aliphatic carbocycles. The van der Waals surface area contributed by atoms with Gasteiger partial charge in [-0.2, -0.15) is 0 Å². The van der Waals surface area contributed by atoms with E-state index in [2.05, 4.69) is 50.4 Å². The Bertz CT molecular complexity index is 737. The second-order valence-corrected chi connectivity index (χ2v) is 6.68. The number of benzene rings is 2. The summed E-state index contributed by atoms with van der Waals surface area (Å²) in [6, 6.07) is 12.6. The third-order valence-electron chi connectivity index (χ3n) is 4.78. The summed E-state index contributed by atoms with van der Waals surface area (Å²) in [5.74, 6) is 0.979. The lowest BCUT2D eigenvalue weighted by Gasteiger charge is -2.19. The number of hydrogen-bond donors (Lipinski definition) is 1. The third-order valence-corrected chi connectivity index (χ3v) is 4.78. The maximum Gasteiger partial charge on any atom is 0.220 e. The standard InChI is InChI=1S/C22H29NO2/c1-6-20(19-10-7-15(2)16(3)14-19)23-22(24)12-9-18-8-11-21(25-5)17(4)13-18/h7-8,10-11,13-14,20H,6,9,12H2,1-5H3,(H,23,24)/t20-/m1/s1. The van der Waals surface area contributed by atoms with Crippen LogP contribution in [-0.2, 0) is 11.2 Å². The van der Waals surface area contributed by atoms with Crippen LogP contribution in [0.3, 0.4) is 0 Å². The molecule has 0 spiro atoms. The molecule has 134 valence electrons. The molecule has 0 saturated heterocycles. The van der Waals surface area contributed by atoms with Crippen molar-refractivity contribution in [1.29, 1.82) is 0 Å². The van der Waals surface area contributed by atoms with Crippen molar-refractivity contribution in [3.8, 4) is 5.75 Å². The highest BCUT2D eigenvalue weighted by molar-refractivity contribution is 5.76. The Kier molecular flexibility index (Phi) is 6.63. The molecule has 0 fully saturated rings. The molecule has 25 heavy (non-hydrogen) atoms. The molecule has 0 heterocycles. The number of carbonyl (C=O) groups excluding carboxylic acids is 1. The first-order valence-electron chi connectivity index (χ1n) is 8.94. The highest BCUT2D eigenvalue weighted by atomic mass is 16.5. The molecule has 3 nitrogen and oxygen atoms in total. The van der Waals surface area contributed by atoms with Crippen LogP contribution in [-0.4, -0.2) is 13.0 Å². The molecule has 0 bridgehead atoms. The predicted octanol–water partition coefficient (Wildman–Crippen LogP) is 4.82. The molecule has 1 atom stereocenters. The Morgan fingerprint density at radius 3 is 2.40 bits per heavy atom. The summed E-state index contributed by atoms with van der Waals surface area (Å²) < 4.78 is 5.28. The monoisotopic (exact) mass is 339 g/mol. The molecule has 2 rings (SSSR count). The fourth-order valence-corrected chi connectivity index (χ4v) is 3.02. The summed E-state index contributed by atoms with van der Waals surface area (Å²) >= 11 is 0. The van der Waals surface area contributed by atoms with E-state index in [1.807, 2.05) is 19.1 Å². The first kappa shape index (κ1) is 19.0. The lowest BCUT2D eigenvalue weighted by Crippen LogP contribution is -2.28. The van der Waals surface area contributed by atoms with Gasteiger partial charge in [-0.3, -0.25) is 4.79 Å². The summed E-state index contributed by atoms with van der Waals surface area (Å²) in [6.07, 6.45) is 2.11. The summed E-state index contributed by atoms with van der Waals surface area (Å²) in [6.45, 7) is 8.34. The summed E-state index contributed by atoms with van der Waals surface area (Å²) in [7, 11) is 1.67. The number of ether oxygens (including phenoxy) is 1. The van der Waals surface area contributed by atoms with Gasteiger partial charge in [-0.05, 0) is 67.5 Å². The Labute approximate surface area is 151 Å². The van der Waals surface area contributed by atoms with E-state index in [0.717, 1.165) is 29.7 Å². The van der Waals surface area contributed by atoms with Crippen LogP contribution >= 0.6 is 0 Å². The summed E-state index contributed by atoms with van der Waals surface area (Å²) in [5, 5.41) is 3.17. The van der Waals surface area contributed by atoms with Crippen molar-refractivity contribution in [1.82, 2.24) is 5.32 Å². The van der Waals surface area contributed by atoms with Gasteiger partial charge in [-0.1, -0.05) is 37.3 Å². The maximum absolute atomic E-state index is 12.4. The van der Waals surface area contributed by atoms with E-state index in [1.54, 1.807) is 7.11 Å². The quantitative estimate of drug-likeness (QED) is 0.785. The Hall–Kier alpha value is -2.29. The van der Waals surface area contributed by atoms with Gasteiger partial charge in [0.2, 0.25) is 5.91 Å². The van der Waals surface area contributed by atoms with Crippen LogP contribution in [0, 0.1) is 20.8 Å². The zero-order chi connectivity index (χ0) is 18.4. The molecule has 0 aliphatic heterocycles. The van der Waals surface area contributed by atoms with Gasteiger partial charge in [0.05, 0.1) is 13.2 Å². The van der Waals surface area contributed by atoms with Crippen molar-refractivity contribution in [3.63, 3.8) is 0 Å². The SMILES string of the molecule is CC[C@@H](NC(=O)CCc1ccc(OC)c(C)c1)c1ccc(C)c(C)c1. The van der Waals surface area contributed by atoms with Gasteiger partial charge in [0, 0.05) is 6.42 Å². The van der Waals surface area contributed by atoms with Crippen molar-refractivity contribution in [3.05, 3.63) is 64.2 Å². The van der Waals surface area contributed by atoms with Crippen molar-refractivity contribution in [2.75, 3.05) is 7.11 Å². The van der Waals surface area contributed by atoms with Crippen LogP contribution in [0.5, 0.6) is 5.75 Å². The van der Waals surface area contributed by atoms with Gasteiger partial charge in [-0.15, -0.1) is 0 Å². The van der Waals surface area contributed by atoms with Gasteiger partial charge in [0.1, 0.15) is 5.75 Å². The zero-order valence-electron chi connectivity index (χ0n) is 16.0. The Morgan fingerprint density at radius 2 is 1.80 bits per heavy atom. The Balaban J connectivity index is 1.95. The highest BCUT2D eigenvalue weighted by Crippen LogP contribution is 2.21. The topological polar surface area (TPSA) is 38.3 Å². The maximum atomic E-state index is 12.4. The molecule has 0 aliphatic rings. The van der Waals surface area contributed by atoms with E-state index in [1.165, 1.54) is 16.7 Å². The first-order chi connectivity index (χ1) is 11.9. The summed E-state index contributed by atoms with van der Waals surface area (Å²) in [4.78, 5) is 12.4. The number of methoxy groups -OCH3 is 1. The van der Waals surface area contributed by atoms with Gasteiger partial charge in [-0.25, -0.2) is 0 Å². The molecule has 1 amide bonds. The largest absolute Gasteiger partial charge is 0.496 e. The second kappa shape index (κ2) is 8.70. The number of aryl methyl sites for hydroxylation is 4. The van der Waals surface area contributed by atoms with Gasteiger partial charge >= 0.3 is 0 Å². The molecule has 1 N–H and O–H groups in total. The average molecular weight is 339 g/mol. The smallest absolute Gasteiger partial charge is 0.220 e. The fraction of sp³-hybridized carbons (Fsp3) is 0.409. The number of amides is 1. The van der Waals surface area contributed by atoms with Crippen LogP contribution in [0.25, 0.3) is 0 Å². The molecule has 0 unspecified atom stereocenters. The molecule has 0 radical (unpaired) electrons. The highest BCUT2D eigenvalue weighted by Gasteiger charge is 2.13. The molecule has 2 aromatic carbocycles. The molecular formula is C22H29NO2. The number of hydrogen-bond acceptors (Lipinski definition) is 2. The van der Waals surface area contributed by atoms with E-state index < -0.39 is 0 Å².